The standard InChI is InChI=1S/C7H16N2O/c1-6-3-4-9(2)5-7(10)8-6/h6-8,10H,3-5H2,1-2H3. The maximum absolute atomic E-state index is 9.28. The van der Waals surface area contributed by atoms with Crippen LogP contribution in [-0.4, -0.2) is 42.4 Å². The van der Waals surface area contributed by atoms with Crippen molar-refractivity contribution in [3.8, 4) is 0 Å². The zero-order valence-corrected chi connectivity index (χ0v) is 6.67. The lowest BCUT2D eigenvalue weighted by molar-refractivity contribution is 0.106. The van der Waals surface area contributed by atoms with Gasteiger partial charge in [-0.25, -0.2) is 0 Å². The van der Waals surface area contributed by atoms with E-state index in [9.17, 15) is 5.11 Å². The van der Waals surface area contributed by atoms with Gasteiger partial charge in [0, 0.05) is 12.6 Å². The third kappa shape index (κ3) is 2.25. The van der Waals surface area contributed by atoms with Crippen molar-refractivity contribution in [2.24, 2.45) is 0 Å². The molecule has 0 aromatic carbocycles. The van der Waals surface area contributed by atoms with Crippen LogP contribution in [0.15, 0.2) is 0 Å². The summed E-state index contributed by atoms with van der Waals surface area (Å²) in [4.78, 5) is 2.14. The van der Waals surface area contributed by atoms with Crippen molar-refractivity contribution in [1.82, 2.24) is 10.2 Å². The molecular weight excluding hydrogens is 128 g/mol. The molecule has 1 saturated heterocycles. The Labute approximate surface area is 62.0 Å². The number of rotatable bonds is 0. The number of aliphatic hydroxyl groups excluding tert-OH is 1. The lowest BCUT2D eigenvalue weighted by Crippen LogP contribution is -2.38. The summed E-state index contributed by atoms with van der Waals surface area (Å²) < 4.78 is 0. The number of hydrogen-bond acceptors (Lipinski definition) is 3. The highest BCUT2D eigenvalue weighted by atomic mass is 16.3. The molecule has 2 unspecified atom stereocenters. The van der Waals surface area contributed by atoms with E-state index in [0.29, 0.717) is 6.04 Å². The Morgan fingerprint density at radius 3 is 3.00 bits per heavy atom. The van der Waals surface area contributed by atoms with Crippen molar-refractivity contribution >= 4 is 0 Å². The van der Waals surface area contributed by atoms with E-state index >= 15 is 0 Å². The highest BCUT2D eigenvalue weighted by molar-refractivity contribution is 4.71. The van der Waals surface area contributed by atoms with Gasteiger partial charge in [0.2, 0.25) is 0 Å². The monoisotopic (exact) mass is 144 g/mol. The number of β-amino-alcohol motifs (C(OH)–C–C–N with tert-alkyl or cyclic N) is 1. The third-order valence-corrected chi connectivity index (χ3v) is 1.91. The summed E-state index contributed by atoms with van der Waals surface area (Å²) in [5.41, 5.74) is 0. The summed E-state index contributed by atoms with van der Waals surface area (Å²) in [6.07, 6.45) is 0.774. The second kappa shape index (κ2) is 3.32. The first-order valence-electron chi connectivity index (χ1n) is 3.81. The van der Waals surface area contributed by atoms with Gasteiger partial charge in [0.15, 0.2) is 0 Å². The molecule has 0 amide bonds. The molecule has 0 saturated carbocycles. The Morgan fingerprint density at radius 2 is 2.30 bits per heavy atom. The van der Waals surface area contributed by atoms with Crippen LogP contribution in [-0.2, 0) is 0 Å². The van der Waals surface area contributed by atoms with E-state index in [0.717, 1.165) is 19.5 Å². The van der Waals surface area contributed by atoms with E-state index in [4.69, 9.17) is 0 Å². The van der Waals surface area contributed by atoms with Crippen LogP contribution >= 0.6 is 0 Å². The van der Waals surface area contributed by atoms with Gasteiger partial charge in [0.1, 0.15) is 6.23 Å². The second-order valence-corrected chi connectivity index (χ2v) is 3.13. The zero-order valence-electron chi connectivity index (χ0n) is 6.67. The fourth-order valence-corrected chi connectivity index (χ4v) is 1.27. The number of nitrogens with zero attached hydrogens (tertiary/aromatic N) is 1. The third-order valence-electron chi connectivity index (χ3n) is 1.91. The van der Waals surface area contributed by atoms with Crippen molar-refractivity contribution in [2.45, 2.75) is 25.6 Å². The van der Waals surface area contributed by atoms with Crippen LogP contribution in [0.25, 0.3) is 0 Å². The Hall–Kier alpha value is -0.120. The molecule has 0 aliphatic carbocycles. The van der Waals surface area contributed by atoms with Crippen LogP contribution in [0.2, 0.25) is 0 Å². The first-order valence-corrected chi connectivity index (χ1v) is 3.81. The minimum atomic E-state index is -0.345. The fourth-order valence-electron chi connectivity index (χ4n) is 1.27. The van der Waals surface area contributed by atoms with Gasteiger partial charge in [-0.3, -0.25) is 5.32 Å². The maximum Gasteiger partial charge on any atom is 0.117 e. The molecule has 0 radical (unpaired) electrons. The Bertz CT molecular complexity index is 95.8. The Morgan fingerprint density at radius 1 is 1.60 bits per heavy atom. The summed E-state index contributed by atoms with van der Waals surface area (Å²) in [5.74, 6) is 0. The smallest absolute Gasteiger partial charge is 0.117 e. The van der Waals surface area contributed by atoms with E-state index in [1.807, 2.05) is 7.05 Å². The quantitative estimate of drug-likeness (QED) is 0.486. The molecule has 1 rings (SSSR count). The minimum Gasteiger partial charge on any atom is -0.377 e. The molecule has 0 aromatic rings. The largest absolute Gasteiger partial charge is 0.377 e. The average molecular weight is 144 g/mol. The van der Waals surface area contributed by atoms with Crippen LogP contribution in [0.3, 0.4) is 0 Å². The molecule has 1 aliphatic rings. The van der Waals surface area contributed by atoms with E-state index in [-0.39, 0.29) is 6.23 Å². The summed E-state index contributed by atoms with van der Waals surface area (Å²) in [6, 6.07) is 0.444. The van der Waals surface area contributed by atoms with Gasteiger partial charge in [-0.15, -0.1) is 0 Å². The van der Waals surface area contributed by atoms with Crippen LogP contribution in [0, 0.1) is 0 Å². The van der Waals surface area contributed by atoms with Gasteiger partial charge >= 0.3 is 0 Å². The molecular formula is C7H16N2O. The molecule has 1 heterocycles. The Balaban J connectivity index is 2.38. The van der Waals surface area contributed by atoms with Crippen LogP contribution in [0.4, 0.5) is 0 Å². The molecule has 1 aliphatic heterocycles. The maximum atomic E-state index is 9.28. The fraction of sp³-hybridized carbons (Fsp3) is 1.00. The second-order valence-electron chi connectivity index (χ2n) is 3.13. The zero-order chi connectivity index (χ0) is 7.56. The van der Waals surface area contributed by atoms with Crippen LogP contribution in [0.5, 0.6) is 0 Å². The SMILES string of the molecule is CC1CCN(C)CC(O)N1. The number of nitrogens with one attached hydrogen (secondary N) is 1. The first kappa shape index (κ1) is 7.98. The van der Waals surface area contributed by atoms with Gasteiger partial charge < -0.3 is 10.0 Å². The lowest BCUT2D eigenvalue weighted by Gasteiger charge is -2.15. The van der Waals surface area contributed by atoms with Crippen LogP contribution in [0.1, 0.15) is 13.3 Å². The highest BCUT2D eigenvalue weighted by Gasteiger charge is 2.15. The molecule has 0 spiro atoms. The number of aliphatic hydroxyl groups is 1. The first-order chi connectivity index (χ1) is 4.68. The van der Waals surface area contributed by atoms with Gasteiger partial charge in [0.05, 0.1) is 0 Å². The molecule has 3 heteroatoms. The van der Waals surface area contributed by atoms with E-state index in [1.54, 1.807) is 0 Å². The molecule has 2 N–H and O–H groups in total. The number of likely N-dealkylation sites (N-methyl/N-ethyl adjacent to an activating group) is 1. The number of hydrogen-bond donors (Lipinski definition) is 2. The average Bonchev–Trinajstić information content (AvgIpc) is 1.93. The molecule has 0 bridgehead atoms. The molecule has 1 fully saturated rings. The molecule has 3 nitrogen and oxygen atoms in total. The van der Waals surface area contributed by atoms with Crippen molar-refractivity contribution in [1.29, 1.82) is 0 Å². The molecule has 0 aromatic heterocycles. The highest BCUT2D eigenvalue weighted by Crippen LogP contribution is 2.00. The lowest BCUT2D eigenvalue weighted by atomic mass is 10.2. The van der Waals surface area contributed by atoms with Gasteiger partial charge in [-0.05, 0) is 26.9 Å². The summed E-state index contributed by atoms with van der Waals surface area (Å²) in [7, 11) is 2.03. The normalized spacial score (nSPS) is 37.5. The van der Waals surface area contributed by atoms with E-state index in [1.165, 1.54) is 0 Å². The van der Waals surface area contributed by atoms with Crippen molar-refractivity contribution in [3.63, 3.8) is 0 Å². The van der Waals surface area contributed by atoms with E-state index in [2.05, 4.69) is 17.1 Å². The topological polar surface area (TPSA) is 35.5 Å². The summed E-state index contributed by atoms with van der Waals surface area (Å²) in [6.45, 7) is 3.91. The van der Waals surface area contributed by atoms with Gasteiger partial charge in [-0.1, -0.05) is 0 Å². The molecule has 60 valence electrons. The van der Waals surface area contributed by atoms with Crippen molar-refractivity contribution in [2.75, 3.05) is 20.1 Å². The van der Waals surface area contributed by atoms with Gasteiger partial charge in [-0.2, -0.15) is 0 Å². The molecule has 10 heavy (non-hydrogen) atoms. The summed E-state index contributed by atoms with van der Waals surface area (Å²) >= 11 is 0. The predicted octanol–water partition coefficient (Wildman–Crippen LogP) is -0.382. The summed E-state index contributed by atoms with van der Waals surface area (Å²) in [5, 5.41) is 12.4. The Kier molecular flexibility index (Phi) is 2.65. The van der Waals surface area contributed by atoms with E-state index < -0.39 is 0 Å². The minimum absolute atomic E-state index is 0.345. The van der Waals surface area contributed by atoms with Crippen molar-refractivity contribution in [3.05, 3.63) is 0 Å². The molecule has 2 atom stereocenters. The van der Waals surface area contributed by atoms with Crippen molar-refractivity contribution < 1.29 is 5.11 Å². The predicted molar refractivity (Wildman–Crippen MR) is 40.7 cm³/mol. The van der Waals surface area contributed by atoms with Gasteiger partial charge in [0.25, 0.3) is 0 Å². The van der Waals surface area contributed by atoms with Crippen LogP contribution < -0.4 is 5.32 Å².